The fourth-order valence-electron chi connectivity index (χ4n) is 3.44. The van der Waals surface area contributed by atoms with Gasteiger partial charge in [0.15, 0.2) is 0 Å². The molecule has 0 saturated heterocycles. The Morgan fingerprint density at radius 3 is 2.50 bits per heavy atom. The zero-order valence-corrected chi connectivity index (χ0v) is 13.7. The van der Waals surface area contributed by atoms with Gasteiger partial charge in [-0.3, -0.25) is 10.1 Å². The molecule has 0 aromatic heterocycles. The summed E-state index contributed by atoms with van der Waals surface area (Å²) in [5.41, 5.74) is 3.19. The summed E-state index contributed by atoms with van der Waals surface area (Å²) < 4.78 is 0. The molecule has 0 spiro atoms. The fraction of sp³-hybridized carbons (Fsp3) is 0.263. The van der Waals surface area contributed by atoms with E-state index in [0.29, 0.717) is 12.2 Å². The van der Waals surface area contributed by atoms with Crippen molar-refractivity contribution in [3.63, 3.8) is 0 Å². The van der Waals surface area contributed by atoms with Crippen molar-refractivity contribution in [3.8, 4) is 0 Å². The highest BCUT2D eigenvalue weighted by molar-refractivity contribution is 5.94. The molecule has 0 radical (unpaired) electrons. The molecule has 24 heavy (non-hydrogen) atoms. The molecule has 124 valence electrons. The Bertz CT molecular complexity index is 788. The highest BCUT2D eigenvalue weighted by Crippen LogP contribution is 2.45. The van der Waals surface area contributed by atoms with Crippen LogP contribution in [-0.2, 0) is 10.2 Å². The van der Waals surface area contributed by atoms with E-state index in [9.17, 15) is 9.59 Å². The lowest BCUT2D eigenvalue weighted by Crippen LogP contribution is -2.41. The minimum Gasteiger partial charge on any atom is -0.465 e. The van der Waals surface area contributed by atoms with E-state index in [2.05, 4.69) is 24.4 Å². The minimum absolute atomic E-state index is 0.00898. The second-order valence-corrected chi connectivity index (χ2v) is 6.28. The standard InChI is InChI=1S/C19H20N2O3/c1-13(22)21-11-10-19(2,14-6-4-3-5-7-14)16-12-15(20-18(23)24)8-9-17(16)21/h3-9,12,20H,10-11H2,1-2H3,(H,23,24). The summed E-state index contributed by atoms with van der Waals surface area (Å²) in [5, 5.41) is 11.4. The quantitative estimate of drug-likeness (QED) is 0.882. The first kappa shape index (κ1) is 16.1. The number of anilines is 2. The molecule has 0 aliphatic carbocycles. The SMILES string of the molecule is CC(=O)N1CCC(C)(c2ccccc2)c2cc(NC(=O)O)ccc21. The number of carbonyl (C=O) groups excluding carboxylic acids is 1. The fourth-order valence-corrected chi connectivity index (χ4v) is 3.44. The Balaban J connectivity index is 2.17. The zero-order chi connectivity index (χ0) is 17.3. The molecule has 5 nitrogen and oxygen atoms in total. The number of carbonyl (C=O) groups is 2. The number of hydrogen-bond donors (Lipinski definition) is 2. The smallest absolute Gasteiger partial charge is 0.409 e. The lowest BCUT2D eigenvalue weighted by Gasteiger charge is -2.41. The molecular formula is C19H20N2O3. The average Bonchev–Trinajstić information content (AvgIpc) is 2.55. The van der Waals surface area contributed by atoms with E-state index < -0.39 is 6.09 Å². The third kappa shape index (κ3) is 2.73. The van der Waals surface area contributed by atoms with Gasteiger partial charge < -0.3 is 10.0 Å². The van der Waals surface area contributed by atoms with Crippen molar-refractivity contribution in [2.45, 2.75) is 25.7 Å². The van der Waals surface area contributed by atoms with Crippen LogP contribution in [0.5, 0.6) is 0 Å². The van der Waals surface area contributed by atoms with Gasteiger partial charge >= 0.3 is 6.09 Å². The van der Waals surface area contributed by atoms with Crippen molar-refractivity contribution >= 4 is 23.4 Å². The van der Waals surface area contributed by atoms with E-state index in [1.54, 1.807) is 17.9 Å². The first-order chi connectivity index (χ1) is 11.4. The average molecular weight is 324 g/mol. The van der Waals surface area contributed by atoms with Gasteiger partial charge in [-0.25, -0.2) is 4.79 Å². The Morgan fingerprint density at radius 1 is 1.17 bits per heavy atom. The Hall–Kier alpha value is -2.82. The van der Waals surface area contributed by atoms with Gasteiger partial charge in [-0.1, -0.05) is 37.3 Å². The van der Waals surface area contributed by atoms with Crippen molar-refractivity contribution in [3.05, 3.63) is 59.7 Å². The number of hydrogen-bond acceptors (Lipinski definition) is 2. The zero-order valence-electron chi connectivity index (χ0n) is 13.7. The number of nitrogens with one attached hydrogen (secondary N) is 1. The summed E-state index contributed by atoms with van der Waals surface area (Å²) in [5.74, 6) is -0.00898. The highest BCUT2D eigenvalue weighted by atomic mass is 16.4. The van der Waals surface area contributed by atoms with Crippen LogP contribution < -0.4 is 10.2 Å². The van der Waals surface area contributed by atoms with Crippen LogP contribution in [0.1, 0.15) is 31.4 Å². The molecule has 5 heteroatoms. The molecule has 1 unspecified atom stereocenters. The summed E-state index contributed by atoms with van der Waals surface area (Å²) in [7, 11) is 0. The summed E-state index contributed by atoms with van der Waals surface area (Å²) in [6.45, 7) is 4.33. The van der Waals surface area contributed by atoms with Crippen molar-refractivity contribution in [1.82, 2.24) is 0 Å². The van der Waals surface area contributed by atoms with Crippen molar-refractivity contribution in [1.29, 1.82) is 0 Å². The molecule has 2 amide bonds. The lowest BCUT2D eigenvalue weighted by molar-refractivity contribution is -0.116. The highest BCUT2D eigenvalue weighted by Gasteiger charge is 2.37. The number of benzene rings is 2. The molecule has 1 aliphatic rings. The minimum atomic E-state index is -1.10. The first-order valence-electron chi connectivity index (χ1n) is 7.90. The van der Waals surface area contributed by atoms with E-state index in [1.807, 2.05) is 30.3 Å². The van der Waals surface area contributed by atoms with E-state index in [1.165, 1.54) is 0 Å². The predicted molar refractivity (Wildman–Crippen MR) is 93.6 cm³/mol. The van der Waals surface area contributed by atoms with Crippen LogP contribution in [0, 0.1) is 0 Å². The van der Waals surface area contributed by atoms with Crippen molar-refractivity contribution < 1.29 is 14.7 Å². The van der Waals surface area contributed by atoms with Gasteiger partial charge in [0.05, 0.1) is 0 Å². The Morgan fingerprint density at radius 2 is 1.88 bits per heavy atom. The maximum Gasteiger partial charge on any atom is 0.409 e. The normalized spacial score (nSPS) is 19.5. The van der Waals surface area contributed by atoms with Crippen LogP contribution in [0.2, 0.25) is 0 Å². The summed E-state index contributed by atoms with van der Waals surface area (Å²) >= 11 is 0. The van der Waals surface area contributed by atoms with Crippen molar-refractivity contribution in [2.75, 3.05) is 16.8 Å². The van der Waals surface area contributed by atoms with Gasteiger partial charge in [-0.2, -0.15) is 0 Å². The largest absolute Gasteiger partial charge is 0.465 e. The van der Waals surface area contributed by atoms with Crippen LogP contribution in [-0.4, -0.2) is 23.7 Å². The number of nitrogens with zero attached hydrogens (tertiary/aromatic N) is 1. The maximum atomic E-state index is 12.0. The van der Waals surface area contributed by atoms with Crippen LogP contribution in [0.15, 0.2) is 48.5 Å². The number of rotatable bonds is 2. The second kappa shape index (κ2) is 6.00. The molecule has 1 heterocycles. The molecule has 2 N–H and O–H groups in total. The van der Waals surface area contributed by atoms with E-state index in [-0.39, 0.29) is 11.3 Å². The molecule has 2 aromatic rings. The van der Waals surface area contributed by atoms with Gasteiger partial charge in [0.2, 0.25) is 5.91 Å². The topological polar surface area (TPSA) is 69.6 Å². The Labute approximate surface area is 140 Å². The molecule has 3 rings (SSSR count). The van der Waals surface area contributed by atoms with Gasteiger partial charge in [-0.05, 0) is 35.7 Å². The van der Waals surface area contributed by atoms with E-state index in [4.69, 9.17) is 5.11 Å². The Kier molecular flexibility index (Phi) is 4.01. The van der Waals surface area contributed by atoms with Crippen LogP contribution in [0.25, 0.3) is 0 Å². The molecule has 0 saturated carbocycles. The molecule has 2 aromatic carbocycles. The third-order valence-corrected chi connectivity index (χ3v) is 4.76. The maximum absolute atomic E-state index is 12.0. The molecular weight excluding hydrogens is 304 g/mol. The molecule has 0 bridgehead atoms. The second-order valence-electron chi connectivity index (χ2n) is 6.28. The van der Waals surface area contributed by atoms with E-state index in [0.717, 1.165) is 23.2 Å². The predicted octanol–water partition coefficient (Wildman–Crippen LogP) is 3.84. The van der Waals surface area contributed by atoms with E-state index >= 15 is 0 Å². The van der Waals surface area contributed by atoms with Crippen molar-refractivity contribution in [2.24, 2.45) is 0 Å². The van der Waals surface area contributed by atoms with Gasteiger partial charge in [0, 0.05) is 30.3 Å². The van der Waals surface area contributed by atoms with Crippen LogP contribution in [0.4, 0.5) is 16.2 Å². The molecule has 0 fully saturated rings. The van der Waals surface area contributed by atoms with Gasteiger partial charge in [-0.15, -0.1) is 0 Å². The van der Waals surface area contributed by atoms with Gasteiger partial charge in [0.1, 0.15) is 0 Å². The summed E-state index contributed by atoms with van der Waals surface area (Å²) in [4.78, 5) is 24.7. The molecule has 1 aliphatic heterocycles. The number of amides is 2. The monoisotopic (exact) mass is 324 g/mol. The number of carboxylic acid groups (broad SMARTS) is 1. The first-order valence-corrected chi connectivity index (χ1v) is 7.90. The third-order valence-electron chi connectivity index (χ3n) is 4.76. The van der Waals surface area contributed by atoms with Gasteiger partial charge in [0.25, 0.3) is 0 Å². The molecule has 1 atom stereocenters. The van der Waals surface area contributed by atoms with Crippen LogP contribution in [0.3, 0.4) is 0 Å². The summed E-state index contributed by atoms with van der Waals surface area (Å²) in [6, 6.07) is 15.5. The summed E-state index contributed by atoms with van der Waals surface area (Å²) in [6.07, 6.45) is -0.323. The number of fused-ring (bicyclic) bond motifs is 1. The van der Waals surface area contributed by atoms with Crippen LogP contribution >= 0.6 is 0 Å². The lowest BCUT2D eigenvalue weighted by atomic mass is 9.71.